The molecule has 0 spiro atoms. The number of hydrogen-bond donors (Lipinski definition) is 1. The van der Waals surface area contributed by atoms with Crippen LogP contribution in [-0.4, -0.2) is 27.1 Å². The Hall–Kier alpha value is -4.06. The number of aliphatic imine (C=N–C) groups is 1. The van der Waals surface area contributed by atoms with Gasteiger partial charge in [-0.3, -0.25) is 0 Å². The molecular weight excluding hydrogens is 413 g/mol. The monoisotopic (exact) mass is 437 g/mol. The lowest BCUT2D eigenvalue weighted by atomic mass is 10.0. The van der Waals surface area contributed by atoms with Gasteiger partial charge in [-0.1, -0.05) is 30.3 Å². The fourth-order valence-corrected chi connectivity index (χ4v) is 4.00. The summed E-state index contributed by atoms with van der Waals surface area (Å²) in [5.41, 5.74) is 6.43. The van der Waals surface area contributed by atoms with E-state index in [1.807, 2.05) is 30.5 Å². The number of allylic oxidation sites excluding steroid dienone is 2. The molecule has 164 valence electrons. The Morgan fingerprint density at radius 2 is 1.82 bits per heavy atom. The molecule has 0 saturated heterocycles. The molecule has 0 saturated carbocycles. The molecule has 33 heavy (non-hydrogen) atoms. The van der Waals surface area contributed by atoms with Crippen molar-refractivity contribution >= 4 is 23.1 Å². The van der Waals surface area contributed by atoms with Crippen LogP contribution in [0.3, 0.4) is 0 Å². The van der Waals surface area contributed by atoms with Crippen molar-refractivity contribution in [1.82, 2.24) is 14.9 Å². The Morgan fingerprint density at radius 3 is 2.61 bits per heavy atom. The van der Waals surface area contributed by atoms with E-state index >= 15 is 0 Å². The Kier molecular flexibility index (Phi) is 5.57. The van der Waals surface area contributed by atoms with Crippen molar-refractivity contribution in [2.75, 3.05) is 11.9 Å². The number of hydrogen-bond acceptors (Lipinski definition) is 5. The minimum Gasteiger partial charge on any atom is -0.348 e. The van der Waals surface area contributed by atoms with Gasteiger partial charge in [0.1, 0.15) is 5.82 Å². The highest BCUT2D eigenvalue weighted by Crippen LogP contribution is 2.35. The zero-order chi connectivity index (χ0) is 22.8. The highest BCUT2D eigenvalue weighted by atomic mass is 19.1. The Labute approximate surface area is 192 Å². The van der Waals surface area contributed by atoms with Gasteiger partial charge in [-0.2, -0.15) is 0 Å². The molecule has 6 heteroatoms. The van der Waals surface area contributed by atoms with E-state index in [1.165, 1.54) is 12.1 Å². The second-order valence-electron chi connectivity index (χ2n) is 8.18. The van der Waals surface area contributed by atoms with Gasteiger partial charge in [0.2, 0.25) is 5.95 Å². The Bertz CT molecular complexity index is 1290. The second kappa shape index (κ2) is 8.82. The van der Waals surface area contributed by atoms with Gasteiger partial charge < -0.3 is 10.2 Å². The summed E-state index contributed by atoms with van der Waals surface area (Å²) < 4.78 is 13.6. The molecule has 0 amide bonds. The number of rotatable bonds is 5. The first-order valence-electron chi connectivity index (χ1n) is 10.9. The van der Waals surface area contributed by atoms with E-state index in [0.717, 1.165) is 39.5 Å². The van der Waals surface area contributed by atoms with Crippen LogP contribution in [0.5, 0.6) is 0 Å². The molecule has 2 bridgehead atoms. The summed E-state index contributed by atoms with van der Waals surface area (Å²) >= 11 is 0. The Balaban J connectivity index is 1.58. The number of anilines is 1. The largest absolute Gasteiger partial charge is 0.348 e. The summed E-state index contributed by atoms with van der Waals surface area (Å²) in [5, 5.41) is 3.40. The molecule has 0 aliphatic carbocycles. The van der Waals surface area contributed by atoms with E-state index in [1.54, 1.807) is 18.3 Å². The summed E-state index contributed by atoms with van der Waals surface area (Å²) in [4.78, 5) is 16.4. The van der Waals surface area contributed by atoms with E-state index in [2.05, 4.69) is 53.3 Å². The van der Waals surface area contributed by atoms with Gasteiger partial charge in [0.15, 0.2) is 0 Å². The summed E-state index contributed by atoms with van der Waals surface area (Å²) in [6, 6.07) is 18.5. The van der Waals surface area contributed by atoms with Crippen molar-refractivity contribution in [3.63, 3.8) is 0 Å². The molecule has 1 atom stereocenters. The van der Waals surface area contributed by atoms with Crippen LogP contribution in [0.2, 0.25) is 0 Å². The van der Waals surface area contributed by atoms with Crippen molar-refractivity contribution in [2.24, 2.45) is 4.99 Å². The molecule has 2 aliphatic heterocycles. The van der Waals surface area contributed by atoms with Crippen molar-refractivity contribution in [2.45, 2.75) is 19.9 Å². The smallest absolute Gasteiger partial charge is 0.223 e. The van der Waals surface area contributed by atoms with Crippen LogP contribution in [0.1, 0.15) is 36.7 Å². The zero-order valence-corrected chi connectivity index (χ0v) is 18.5. The molecule has 0 fully saturated rings. The molecule has 5 rings (SSSR count). The third-order valence-electron chi connectivity index (χ3n) is 5.67. The second-order valence-corrected chi connectivity index (χ2v) is 8.18. The molecule has 3 heterocycles. The fourth-order valence-electron chi connectivity index (χ4n) is 4.00. The Morgan fingerprint density at radius 1 is 1.03 bits per heavy atom. The number of fused-ring (bicyclic) bond motifs is 2. The molecule has 1 N–H and O–H groups in total. The first kappa shape index (κ1) is 20.8. The van der Waals surface area contributed by atoms with Gasteiger partial charge in [-0.05, 0) is 67.5 Å². The average molecular weight is 438 g/mol. The number of nitrogens with one attached hydrogen (secondary N) is 1. The summed E-state index contributed by atoms with van der Waals surface area (Å²) in [5.74, 6) is 0.263. The van der Waals surface area contributed by atoms with Gasteiger partial charge >= 0.3 is 0 Å². The first-order valence-corrected chi connectivity index (χ1v) is 10.9. The van der Waals surface area contributed by atoms with Crippen molar-refractivity contribution in [3.05, 3.63) is 113 Å². The van der Waals surface area contributed by atoms with Crippen molar-refractivity contribution in [3.8, 4) is 0 Å². The van der Waals surface area contributed by atoms with Crippen LogP contribution >= 0.6 is 0 Å². The van der Waals surface area contributed by atoms with Gasteiger partial charge in [-0.15, -0.1) is 0 Å². The minimum atomic E-state index is -0.277. The van der Waals surface area contributed by atoms with Crippen LogP contribution < -0.4 is 5.32 Å². The van der Waals surface area contributed by atoms with E-state index < -0.39 is 0 Å². The topological polar surface area (TPSA) is 53.4 Å². The maximum atomic E-state index is 13.6. The average Bonchev–Trinajstić information content (AvgIpc) is 2.97. The SMILES string of the molecule is CC1=CC2=NC(c3ccc(F)cc3)=C(c3ccnc(N[C@@H](C)c4ccccc4)n3)N(C=C1)C2. The predicted molar refractivity (Wildman–Crippen MR) is 131 cm³/mol. The lowest BCUT2D eigenvalue weighted by molar-refractivity contribution is 0.603. The van der Waals surface area contributed by atoms with Crippen LogP contribution in [-0.2, 0) is 0 Å². The molecule has 3 aromatic rings. The van der Waals surface area contributed by atoms with Crippen molar-refractivity contribution in [1.29, 1.82) is 0 Å². The third kappa shape index (κ3) is 4.46. The molecule has 0 unspecified atom stereocenters. The number of halogens is 1. The normalized spacial score (nSPS) is 16.2. The molecule has 0 radical (unpaired) electrons. The van der Waals surface area contributed by atoms with E-state index in [-0.39, 0.29) is 11.9 Å². The highest BCUT2D eigenvalue weighted by molar-refractivity contribution is 6.07. The zero-order valence-electron chi connectivity index (χ0n) is 18.5. The van der Waals surface area contributed by atoms with Gasteiger partial charge in [0.25, 0.3) is 0 Å². The minimum absolute atomic E-state index is 0.0490. The number of nitrogens with zero attached hydrogens (tertiary/aromatic N) is 4. The fraction of sp³-hybridized carbons (Fsp3) is 0.148. The summed E-state index contributed by atoms with van der Waals surface area (Å²) in [7, 11) is 0. The molecule has 5 nitrogen and oxygen atoms in total. The maximum Gasteiger partial charge on any atom is 0.223 e. The van der Waals surface area contributed by atoms with Gasteiger partial charge in [0.05, 0.1) is 35.4 Å². The van der Waals surface area contributed by atoms with Gasteiger partial charge in [0, 0.05) is 18.0 Å². The summed E-state index contributed by atoms with van der Waals surface area (Å²) in [6.07, 6.45) is 7.94. The van der Waals surface area contributed by atoms with E-state index in [4.69, 9.17) is 9.98 Å². The van der Waals surface area contributed by atoms with E-state index in [0.29, 0.717) is 12.5 Å². The number of aromatic nitrogens is 2. The maximum absolute atomic E-state index is 13.6. The van der Waals surface area contributed by atoms with E-state index in [9.17, 15) is 4.39 Å². The molecular formula is C27H24FN5. The number of benzene rings is 2. The first-order chi connectivity index (χ1) is 16.1. The lowest BCUT2D eigenvalue weighted by Crippen LogP contribution is -2.27. The third-order valence-corrected chi connectivity index (χ3v) is 5.67. The van der Waals surface area contributed by atoms with Crippen LogP contribution in [0.15, 0.2) is 95.8 Å². The van der Waals surface area contributed by atoms with Crippen LogP contribution in [0.4, 0.5) is 10.3 Å². The van der Waals surface area contributed by atoms with Crippen LogP contribution in [0.25, 0.3) is 11.4 Å². The predicted octanol–water partition coefficient (Wildman–Crippen LogP) is 5.84. The molecule has 2 aliphatic rings. The van der Waals surface area contributed by atoms with Crippen LogP contribution in [0, 0.1) is 5.82 Å². The van der Waals surface area contributed by atoms with Crippen molar-refractivity contribution < 1.29 is 4.39 Å². The van der Waals surface area contributed by atoms with Gasteiger partial charge in [-0.25, -0.2) is 19.4 Å². The quantitative estimate of drug-likeness (QED) is 0.544. The standard InChI is InChI=1S/C27H24FN5/c1-18-13-15-33-17-23(16-18)31-25(21-8-10-22(28)11-9-21)26(33)24-12-14-29-27(32-24)30-19(2)20-6-4-3-5-7-20/h3-16,19H,17H2,1-2H3,(H,29,30,32)/t19-/m0/s1. The molecule has 1 aromatic heterocycles. The highest BCUT2D eigenvalue weighted by Gasteiger charge is 2.25. The summed E-state index contributed by atoms with van der Waals surface area (Å²) in [6.45, 7) is 4.77. The lowest BCUT2D eigenvalue weighted by Gasteiger charge is -2.29. The molecule has 2 aromatic carbocycles.